The molecule has 0 spiro atoms. The fraction of sp³-hybridized carbons (Fsp3) is 0.875. The third-order valence-corrected chi connectivity index (χ3v) is 6.56. The predicted molar refractivity (Wildman–Crippen MR) is 91.4 cm³/mol. The van der Waals surface area contributed by atoms with Gasteiger partial charge in [0.25, 0.3) is 0 Å². The van der Waals surface area contributed by atoms with Crippen molar-refractivity contribution in [2.75, 3.05) is 33.6 Å². The molecular weight excluding hydrogens is 348 g/mol. The van der Waals surface area contributed by atoms with Crippen molar-refractivity contribution >= 4 is 22.1 Å². The van der Waals surface area contributed by atoms with Crippen molar-refractivity contribution in [1.29, 1.82) is 0 Å². The van der Waals surface area contributed by atoms with Crippen molar-refractivity contribution in [3.05, 3.63) is 0 Å². The highest BCUT2D eigenvalue weighted by Crippen LogP contribution is 2.53. The first-order chi connectivity index (χ1) is 11.4. The van der Waals surface area contributed by atoms with E-state index in [1.807, 2.05) is 20.8 Å². The highest BCUT2D eigenvalue weighted by Gasteiger charge is 2.62. The highest BCUT2D eigenvalue weighted by atomic mass is 32.2. The smallest absolute Gasteiger partial charge is 0.409 e. The number of hydrogen-bond donors (Lipinski definition) is 0. The minimum Gasteiger partial charge on any atom is -0.469 e. The summed E-state index contributed by atoms with van der Waals surface area (Å²) in [5.74, 6) is -0.426. The maximum absolute atomic E-state index is 12.4. The lowest BCUT2D eigenvalue weighted by molar-refractivity contribution is -0.150. The molecule has 2 fully saturated rings. The van der Waals surface area contributed by atoms with Gasteiger partial charge in [0, 0.05) is 13.1 Å². The van der Waals surface area contributed by atoms with E-state index in [0.29, 0.717) is 12.8 Å². The predicted octanol–water partition coefficient (Wildman–Crippen LogP) is 1.07. The molecule has 2 atom stereocenters. The van der Waals surface area contributed by atoms with E-state index in [1.54, 1.807) is 4.90 Å². The Morgan fingerprint density at radius 1 is 1.08 bits per heavy atom. The SMILES string of the molecule is COC(=O)N1CC(C2(C(=O)OC)CC2)N(S(C)(=O)=O)CC1C(C)(C)C. The van der Waals surface area contributed by atoms with Crippen LogP contribution >= 0.6 is 0 Å². The summed E-state index contributed by atoms with van der Waals surface area (Å²) in [5, 5.41) is 0. The summed E-state index contributed by atoms with van der Waals surface area (Å²) in [5.41, 5.74) is -1.24. The standard InChI is InChI=1S/C16H28N2O6S/c1-15(2,3)11-10-18(25(6,21)22)12(9-17(11)14(20)24-5)16(7-8-16)13(19)23-4/h11-12H,7-10H2,1-6H3. The Hall–Kier alpha value is -1.35. The molecule has 0 aromatic rings. The first kappa shape index (κ1) is 20.0. The zero-order valence-corrected chi connectivity index (χ0v) is 16.6. The molecule has 2 aliphatic rings. The molecule has 1 aliphatic heterocycles. The van der Waals surface area contributed by atoms with Crippen LogP contribution in [0.5, 0.6) is 0 Å². The van der Waals surface area contributed by atoms with Crippen LogP contribution < -0.4 is 0 Å². The maximum Gasteiger partial charge on any atom is 0.409 e. The van der Waals surface area contributed by atoms with Gasteiger partial charge >= 0.3 is 12.1 Å². The van der Waals surface area contributed by atoms with Crippen LogP contribution in [0.2, 0.25) is 0 Å². The second-order valence-electron chi connectivity index (χ2n) is 8.00. The Balaban J connectivity index is 2.48. The lowest BCUT2D eigenvalue weighted by Gasteiger charge is -2.50. The molecule has 0 aromatic carbocycles. The van der Waals surface area contributed by atoms with E-state index in [0.717, 1.165) is 6.26 Å². The van der Waals surface area contributed by atoms with Crippen LogP contribution in [-0.2, 0) is 24.3 Å². The van der Waals surface area contributed by atoms with E-state index in [-0.39, 0.29) is 24.5 Å². The Bertz CT molecular complexity index is 650. The van der Waals surface area contributed by atoms with Gasteiger partial charge in [0.2, 0.25) is 10.0 Å². The molecule has 9 heteroatoms. The average Bonchev–Trinajstić information content (AvgIpc) is 3.32. The maximum atomic E-state index is 12.4. The number of carbonyl (C=O) groups excluding carboxylic acids is 2. The minimum absolute atomic E-state index is 0.108. The summed E-state index contributed by atoms with van der Waals surface area (Å²) in [4.78, 5) is 26.2. The van der Waals surface area contributed by atoms with Crippen molar-refractivity contribution in [2.24, 2.45) is 10.8 Å². The molecule has 0 radical (unpaired) electrons. The molecule has 2 unspecified atom stereocenters. The summed E-state index contributed by atoms with van der Waals surface area (Å²) in [6.45, 7) is 6.07. The number of rotatable bonds is 3. The third kappa shape index (κ3) is 3.62. The number of sulfonamides is 1. The normalized spacial score (nSPS) is 26.9. The van der Waals surface area contributed by atoms with Gasteiger partial charge in [0.1, 0.15) is 0 Å². The number of piperazine rings is 1. The van der Waals surface area contributed by atoms with Gasteiger partial charge in [-0.15, -0.1) is 0 Å². The van der Waals surface area contributed by atoms with Crippen LogP contribution in [0.1, 0.15) is 33.6 Å². The summed E-state index contributed by atoms with van der Waals surface area (Å²) in [6, 6.07) is -1.01. The van der Waals surface area contributed by atoms with E-state index >= 15 is 0 Å². The van der Waals surface area contributed by atoms with Crippen LogP contribution in [-0.4, -0.2) is 75.3 Å². The molecule has 0 N–H and O–H groups in total. The zero-order chi connectivity index (χ0) is 19.2. The number of nitrogens with zero attached hydrogens (tertiary/aromatic N) is 2. The van der Waals surface area contributed by atoms with Crippen LogP contribution in [0.25, 0.3) is 0 Å². The van der Waals surface area contributed by atoms with Gasteiger partial charge < -0.3 is 14.4 Å². The fourth-order valence-electron chi connectivity index (χ4n) is 3.69. The van der Waals surface area contributed by atoms with Gasteiger partial charge in [0.05, 0.1) is 38.0 Å². The van der Waals surface area contributed by atoms with E-state index in [4.69, 9.17) is 9.47 Å². The molecule has 1 saturated carbocycles. The number of amides is 1. The van der Waals surface area contributed by atoms with Gasteiger partial charge in [-0.25, -0.2) is 13.2 Å². The summed E-state index contributed by atoms with van der Waals surface area (Å²) >= 11 is 0. The number of esters is 1. The third-order valence-electron chi connectivity index (χ3n) is 5.30. The van der Waals surface area contributed by atoms with Crippen molar-refractivity contribution < 1.29 is 27.5 Å². The lowest BCUT2D eigenvalue weighted by Crippen LogP contribution is -2.67. The van der Waals surface area contributed by atoms with Gasteiger partial charge in [-0.3, -0.25) is 4.79 Å². The first-order valence-corrected chi connectivity index (χ1v) is 10.1. The summed E-state index contributed by atoms with van der Waals surface area (Å²) < 4.78 is 36.1. The molecule has 1 heterocycles. The quantitative estimate of drug-likeness (QED) is 0.684. The van der Waals surface area contributed by atoms with E-state index in [9.17, 15) is 18.0 Å². The average molecular weight is 376 g/mol. The molecule has 1 amide bonds. The van der Waals surface area contributed by atoms with Crippen molar-refractivity contribution in [1.82, 2.24) is 9.21 Å². The number of carbonyl (C=O) groups is 2. The van der Waals surface area contributed by atoms with Gasteiger partial charge in [0.15, 0.2) is 0 Å². The second kappa shape index (κ2) is 6.42. The largest absolute Gasteiger partial charge is 0.469 e. The first-order valence-electron chi connectivity index (χ1n) is 8.28. The lowest BCUT2D eigenvalue weighted by atomic mass is 9.82. The van der Waals surface area contributed by atoms with Crippen LogP contribution in [0, 0.1) is 10.8 Å². The Morgan fingerprint density at radius 2 is 1.64 bits per heavy atom. The molecule has 2 rings (SSSR count). The Morgan fingerprint density at radius 3 is 2.00 bits per heavy atom. The number of ether oxygens (including phenoxy) is 2. The molecule has 0 bridgehead atoms. The fourth-order valence-corrected chi connectivity index (χ4v) is 4.83. The van der Waals surface area contributed by atoms with Crippen LogP contribution in [0.4, 0.5) is 4.79 Å². The van der Waals surface area contributed by atoms with E-state index in [1.165, 1.54) is 18.5 Å². The second-order valence-corrected chi connectivity index (χ2v) is 9.94. The van der Waals surface area contributed by atoms with Crippen LogP contribution in [0.3, 0.4) is 0 Å². The van der Waals surface area contributed by atoms with Crippen LogP contribution in [0.15, 0.2) is 0 Å². The molecule has 0 aromatic heterocycles. The van der Waals surface area contributed by atoms with Crippen molar-refractivity contribution in [3.8, 4) is 0 Å². The van der Waals surface area contributed by atoms with Gasteiger partial charge in [-0.05, 0) is 18.3 Å². The zero-order valence-electron chi connectivity index (χ0n) is 15.7. The van der Waals surface area contributed by atoms with E-state index in [2.05, 4.69) is 0 Å². The molecule has 1 aliphatic carbocycles. The van der Waals surface area contributed by atoms with Gasteiger partial charge in [-0.1, -0.05) is 20.8 Å². The molecular formula is C16H28N2O6S. The topological polar surface area (TPSA) is 93.2 Å². The number of methoxy groups -OCH3 is 2. The summed E-state index contributed by atoms with van der Waals surface area (Å²) in [6.07, 6.45) is 1.72. The van der Waals surface area contributed by atoms with E-state index < -0.39 is 33.5 Å². The summed E-state index contributed by atoms with van der Waals surface area (Å²) in [7, 11) is -0.966. The molecule has 25 heavy (non-hydrogen) atoms. The molecule has 144 valence electrons. The molecule has 1 saturated heterocycles. The minimum atomic E-state index is -3.56. The Labute approximate surface area is 149 Å². The van der Waals surface area contributed by atoms with Crippen molar-refractivity contribution in [3.63, 3.8) is 0 Å². The monoisotopic (exact) mass is 376 g/mol. The van der Waals surface area contributed by atoms with Crippen molar-refractivity contribution in [2.45, 2.75) is 45.7 Å². The van der Waals surface area contributed by atoms with Gasteiger partial charge in [-0.2, -0.15) is 4.31 Å². The number of hydrogen-bond acceptors (Lipinski definition) is 6. The molecule has 8 nitrogen and oxygen atoms in total. The Kier molecular flexibility index (Phi) is 5.13. The highest BCUT2D eigenvalue weighted by molar-refractivity contribution is 7.88.